The Labute approximate surface area is 189 Å². The van der Waals surface area contributed by atoms with E-state index in [2.05, 4.69) is 26.2 Å². The Hall–Kier alpha value is -3.52. The minimum atomic E-state index is -0.278. The molecule has 32 heavy (non-hydrogen) atoms. The number of rotatable bonds is 7. The number of nitrogens with zero attached hydrogens (tertiary/aromatic N) is 5. The molecule has 1 N–H and O–H groups in total. The topological polar surface area (TPSA) is 72.3 Å². The third-order valence-electron chi connectivity index (χ3n) is 5.21. The van der Waals surface area contributed by atoms with E-state index < -0.39 is 0 Å². The second kappa shape index (κ2) is 8.92. The van der Waals surface area contributed by atoms with Crippen LogP contribution in [0, 0.1) is 5.82 Å². The van der Waals surface area contributed by atoms with Gasteiger partial charge in [0.15, 0.2) is 5.65 Å². The van der Waals surface area contributed by atoms with Gasteiger partial charge in [-0.1, -0.05) is 30.3 Å². The van der Waals surface area contributed by atoms with Gasteiger partial charge in [0, 0.05) is 29.4 Å². The molecular formula is C24H21FN6S. The average Bonchev–Trinajstić information content (AvgIpc) is 3.45. The summed E-state index contributed by atoms with van der Waals surface area (Å²) in [7, 11) is 0. The van der Waals surface area contributed by atoms with Crippen LogP contribution in [0.25, 0.3) is 45.1 Å². The molecular weight excluding hydrogens is 423 g/mol. The normalized spacial score (nSPS) is 11.3. The Morgan fingerprint density at radius 3 is 2.56 bits per heavy atom. The fourth-order valence-electron chi connectivity index (χ4n) is 3.67. The van der Waals surface area contributed by atoms with E-state index >= 15 is 0 Å². The Bertz CT molecular complexity index is 1340. The Morgan fingerprint density at radius 2 is 1.78 bits per heavy atom. The maximum absolute atomic E-state index is 13.5. The summed E-state index contributed by atoms with van der Waals surface area (Å²) in [6.07, 6.45) is 6.63. The summed E-state index contributed by atoms with van der Waals surface area (Å²) in [6, 6.07) is 16.3. The van der Waals surface area contributed by atoms with E-state index in [-0.39, 0.29) is 5.82 Å². The van der Waals surface area contributed by atoms with Gasteiger partial charge >= 0.3 is 0 Å². The zero-order chi connectivity index (χ0) is 21.9. The molecule has 0 aliphatic rings. The number of nitrogens with one attached hydrogen (secondary N) is 1. The predicted octanol–water partition coefficient (Wildman–Crippen LogP) is 5.44. The maximum atomic E-state index is 13.5. The van der Waals surface area contributed by atoms with E-state index in [1.165, 1.54) is 18.5 Å². The average molecular weight is 445 g/mol. The molecule has 160 valence electrons. The van der Waals surface area contributed by atoms with E-state index in [1.807, 2.05) is 53.0 Å². The van der Waals surface area contributed by atoms with Crippen molar-refractivity contribution in [3.05, 3.63) is 72.9 Å². The molecule has 3 heterocycles. The van der Waals surface area contributed by atoms with Gasteiger partial charge in [-0.05, 0) is 42.7 Å². The van der Waals surface area contributed by atoms with Gasteiger partial charge in [0.2, 0.25) is 0 Å². The van der Waals surface area contributed by atoms with Gasteiger partial charge in [0.1, 0.15) is 34.9 Å². The van der Waals surface area contributed by atoms with Crippen molar-refractivity contribution in [2.45, 2.75) is 13.0 Å². The second-order valence-corrected chi connectivity index (χ2v) is 8.37. The van der Waals surface area contributed by atoms with Gasteiger partial charge in [0.05, 0.1) is 0 Å². The van der Waals surface area contributed by atoms with E-state index in [4.69, 9.17) is 5.10 Å². The van der Waals surface area contributed by atoms with Crippen LogP contribution in [0.1, 0.15) is 6.42 Å². The molecule has 5 rings (SSSR count). The zero-order valence-corrected chi connectivity index (χ0v) is 18.3. The van der Waals surface area contributed by atoms with E-state index in [0.29, 0.717) is 5.65 Å². The van der Waals surface area contributed by atoms with E-state index in [1.54, 1.807) is 12.1 Å². The molecule has 0 aliphatic heterocycles. The fourth-order valence-corrected chi connectivity index (χ4v) is 4.08. The maximum Gasteiger partial charge on any atom is 0.181 e. The number of H-pyrrole nitrogens is 1. The molecule has 0 atom stereocenters. The lowest BCUT2D eigenvalue weighted by Gasteiger charge is -2.03. The van der Waals surface area contributed by atoms with Gasteiger partial charge in [0.25, 0.3) is 0 Å². The molecule has 0 aliphatic carbocycles. The van der Waals surface area contributed by atoms with Crippen molar-refractivity contribution in [1.82, 2.24) is 29.7 Å². The summed E-state index contributed by atoms with van der Waals surface area (Å²) < 4.78 is 15.5. The van der Waals surface area contributed by atoms with Gasteiger partial charge < -0.3 is 4.98 Å². The van der Waals surface area contributed by atoms with E-state index in [0.717, 1.165) is 58.1 Å². The van der Waals surface area contributed by atoms with Crippen LogP contribution < -0.4 is 0 Å². The number of hydrogen-bond acceptors (Lipinski definition) is 5. The lowest BCUT2D eigenvalue weighted by Crippen LogP contribution is -1.99. The number of imidazole rings is 1. The number of hydrogen-bond donors (Lipinski definition) is 1. The molecule has 8 heteroatoms. The molecule has 0 fully saturated rings. The van der Waals surface area contributed by atoms with Crippen molar-refractivity contribution in [3.8, 4) is 33.9 Å². The largest absolute Gasteiger partial charge is 0.335 e. The number of halogens is 1. The van der Waals surface area contributed by atoms with Crippen LogP contribution >= 0.6 is 11.8 Å². The van der Waals surface area contributed by atoms with Gasteiger partial charge in [-0.25, -0.2) is 19.3 Å². The van der Waals surface area contributed by atoms with Crippen LogP contribution in [0.15, 0.2) is 67.1 Å². The number of fused-ring (bicyclic) bond motifs is 1. The molecule has 0 saturated carbocycles. The van der Waals surface area contributed by atoms with Crippen LogP contribution in [-0.4, -0.2) is 41.7 Å². The van der Waals surface area contributed by atoms with Crippen molar-refractivity contribution < 1.29 is 4.39 Å². The van der Waals surface area contributed by atoms with Crippen molar-refractivity contribution in [2.75, 3.05) is 12.0 Å². The molecule has 0 unspecified atom stereocenters. The summed E-state index contributed by atoms with van der Waals surface area (Å²) in [5, 5.41) is 4.82. The number of aryl methyl sites for hydroxylation is 1. The Balaban J connectivity index is 1.64. The van der Waals surface area contributed by atoms with Crippen molar-refractivity contribution in [1.29, 1.82) is 0 Å². The van der Waals surface area contributed by atoms with Gasteiger partial charge in [-0.2, -0.15) is 16.9 Å². The van der Waals surface area contributed by atoms with Crippen LogP contribution in [0.3, 0.4) is 0 Å². The summed E-state index contributed by atoms with van der Waals surface area (Å²) >= 11 is 1.81. The van der Waals surface area contributed by atoms with Crippen molar-refractivity contribution in [3.63, 3.8) is 0 Å². The first kappa shape index (κ1) is 20.4. The number of benzene rings is 2. The van der Waals surface area contributed by atoms with Crippen molar-refractivity contribution in [2.24, 2.45) is 0 Å². The van der Waals surface area contributed by atoms with Gasteiger partial charge in [-0.15, -0.1) is 0 Å². The molecule has 2 aromatic carbocycles. The summed E-state index contributed by atoms with van der Waals surface area (Å²) in [6.45, 7) is 0.793. The highest BCUT2D eigenvalue weighted by atomic mass is 32.2. The minimum Gasteiger partial charge on any atom is -0.335 e. The first-order valence-electron chi connectivity index (χ1n) is 10.3. The third-order valence-corrected chi connectivity index (χ3v) is 5.90. The highest BCUT2D eigenvalue weighted by molar-refractivity contribution is 7.98. The molecule has 6 nitrogen and oxygen atoms in total. The monoisotopic (exact) mass is 444 g/mol. The highest BCUT2D eigenvalue weighted by Gasteiger charge is 2.19. The highest BCUT2D eigenvalue weighted by Crippen LogP contribution is 2.34. The molecule has 0 spiro atoms. The number of thioether (sulfide) groups is 1. The summed E-state index contributed by atoms with van der Waals surface area (Å²) in [5.74, 6) is 1.51. The molecule has 0 radical (unpaired) electrons. The Morgan fingerprint density at radius 1 is 0.969 bits per heavy atom. The van der Waals surface area contributed by atoms with Crippen LogP contribution in [0.2, 0.25) is 0 Å². The number of aromatic nitrogens is 6. The van der Waals surface area contributed by atoms with E-state index in [9.17, 15) is 4.39 Å². The minimum absolute atomic E-state index is 0.278. The van der Waals surface area contributed by atoms with Crippen LogP contribution in [-0.2, 0) is 6.54 Å². The lowest BCUT2D eigenvalue weighted by molar-refractivity contribution is 0.608. The first-order valence-corrected chi connectivity index (χ1v) is 11.7. The second-order valence-electron chi connectivity index (χ2n) is 7.38. The van der Waals surface area contributed by atoms with Crippen LogP contribution in [0.5, 0.6) is 0 Å². The summed E-state index contributed by atoms with van der Waals surface area (Å²) in [4.78, 5) is 17.0. The summed E-state index contributed by atoms with van der Waals surface area (Å²) in [5.41, 5.74) is 5.48. The van der Waals surface area contributed by atoms with Crippen LogP contribution in [0.4, 0.5) is 4.39 Å². The predicted molar refractivity (Wildman–Crippen MR) is 127 cm³/mol. The smallest absolute Gasteiger partial charge is 0.181 e. The van der Waals surface area contributed by atoms with Crippen molar-refractivity contribution >= 4 is 22.9 Å². The Kier molecular flexibility index (Phi) is 5.68. The standard InChI is InChI=1S/C24H21FN6S/c1-32-13-5-12-31-14-19(20(30-31)16-8-10-18(25)11-9-16)21-22-24(27-15-26-21)29-23(28-22)17-6-3-2-4-7-17/h2-4,6-11,14-15H,5,12-13H2,1H3,(H,26,27,28,29). The lowest BCUT2D eigenvalue weighted by atomic mass is 10.1. The third kappa shape index (κ3) is 4.01. The first-order chi connectivity index (χ1) is 15.7. The SMILES string of the molecule is CSCCCn1cc(-c2ncnc3nc(-c4ccccc4)[nH]c23)c(-c2ccc(F)cc2)n1. The quantitative estimate of drug-likeness (QED) is 0.338. The molecule has 5 aromatic rings. The molecule has 3 aromatic heterocycles. The fraction of sp³-hybridized carbons (Fsp3) is 0.167. The molecule has 0 amide bonds. The van der Waals surface area contributed by atoms with Gasteiger partial charge in [-0.3, -0.25) is 4.68 Å². The molecule has 0 bridgehead atoms. The zero-order valence-electron chi connectivity index (χ0n) is 17.5. The number of aromatic amines is 1. The molecule has 0 saturated heterocycles.